The van der Waals surface area contributed by atoms with Gasteiger partial charge in [-0.15, -0.1) is 0 Å². The Morgan fingerprint density at radius 3 is 2.86 bits per heavy atom. The summed E-state index contributed by atoms with van der Waals surface area (Å²) in [6.45, 7) is 4.02. The van der Waals surface area contributed by atoms with E-state index in [4.69, 9.17) is 4.74 Å². The molecule has 1 aliphatic rings. The minimum absolute atomic E-state index is 0.222. The fourth-order valence-corrected chi connectivity index (χ4v) is 3.81. The van der Waals surface area contributed by atoms with E-state index in [2.05, 4.69) is 11.0 Å². The average molecular weight is 309 g/mol. The van der Waals surface area contributed by atoms with Crippen molar-refractivity contribution in [2.45, 2.75) is 18.6 Å². The molecule has 0 saturated carbocycles. The molecule has 1 aromatic carbocycles. The van der Waals surface area contributed by atoms with Gasteiger partial charge in [-0.25, -0.2) is 8.42 Å². The van der Waals surface area contributed by atoms with Gasteiger partial charge in [0.1, 0.15) is 5.75 Å². The summed E-state index contributed by atoms with van der Waals surface area (Å²) in [6.07, 6.45) is 4.81. The van der Waals surface area contributed by atoms with E-state index in [-0.39, 0.29) is 11.0 Å². The van der Waals surface area contributed by atoms with Gasteiger partial charge in [0.2, 0.25) is 0 Å². The van der Waals surface area contributed by atoms with Crippen LogP contribution in [0.15, 0.2) is 30.3 Å². The number of para-hydroxylation sites is 1. The van der Waals surface area contributed by atoms with E-state index in [0.29, 0.717) is 13.0 Å². The predicted octanol–water partition coefficient (Wildman–Crippen LogP) is 2.22. The lowest BCUT2D eigenvalue weighted by Crippen LogP contribution is -2.27. The minimum atomic E-state index is -2.90. The van der Waals surface area contributed by atoms with Gasteiger partial charge in [0.05, 0.1) is 18.1 Å². The molecule has 0 aliphatic carbocycles. The van der Waals surface area contributed by atoms with Crippen molar-refractivity contribution in [3.63, 3.8) is 0 Å². The molecule has 0 N–H and O–H groups in total. The molecular formula is C16H23NO3S. The molecule has 0 bridgehead atoms. The van der Waals surface area contributed by atoms with Crippen molar-refractivity contribution in [1.29, 1.82) is 0 Å². The molecule has 1 fully saturated rings. The van der Waals surface area contributed by atoms with Gasteiger partial charge in [-0.2, -0.15) is 0 Å². The first-order valence-corrected chi connectivity index (χ1v) is 8.98. The summed E-state index contributed by atoms with van der Waals surface area (Å²) >= 11 is 0. The topological polar surface area (TPSA) is 46.6 Å². The van der Waals surface area contributed by atoms with Crippen LogP contribution in [-0.2, 0) is 9.84 Å². The van der Waals surface area contributed by atoms with Gasteiger partial charge in [0.15, 0.2) is 9.84 Å². The van der Waals surface area contributed by atoms with E-state index in [0.717, 1.165) is 24.4 Å². The first-order valence-electron chi connectivity index (χ1n) is 7.26. The maximum atomic E-state index is 11.9. The number of sulfone groups is 1. The van der Waals surface area contributed by atoms with Crippen molar-refractivity contribution in [3.8, 4) is 5.75 Å². The SMILES string of the molecule is COc1ccccc1C=CCN1CCC(C)S(=O)(=O)CC1. The molecule has 5 heteroatoms. The third-order valence-corrected chi connectivity index (χ3v) is 6.17. The molecule has 1 atom stereocenters. The summed E-state index contributed by atoms with van der Waals surface area (Å²) in [5.41, 5.74) is 1.04. The molecule has 21 heavy (non-hydrogen) atoms. The lowest BCUT2D eigenvalue weighted by atomic mass is 10.2. The molecule has 0 amide bonds. The Bertz CT molecular complexity index is 595. The molecule has 4 nitrogen and oxygen atoms in total. The summed E-state index contributed by atoms with van der Waals surface area (Å²) in [7, 11) is -1.24. The number of rotatable bonds is 4. The lowest BCUT2D eigenvalue weighted by molar-refractivity contribution is 0.323. The van der Waals surface area contributed by atoms with E-state index < -0.39 is 9.84 Å². The normalized spacial score (nSPS) is 23.0. The molecule has 116 valence electrons. The van der Waals surface area contributed by atoms with E-state index in [9.17, 15) is 8.42 Å². The molecule has 0 spiro atoms. The smallest absolute Gasteiger partial charge is 0.154 e. The lowest BCUT2D eigenvalue weighted by Gasteiger charge is -2.16. The quantitative estimate of drug-likeness (QED) is 0.855. The molecule has 1 heterocycles. The number of nitrogens with zero attached hydrogens (tertiary/aromatic N) is 1. The monoisotopic (exact) mass is 309 g/mol. The molecule has 2 rings (SSSR count). The predicted molar refractivity (Wildman–Crippen MR) is 86.3 cm³/mol. The Morgan fingerprint density at radius 2 is 2.10 bits per heavy atom. The zero-order chi connectivity index (χ0) is 15.3. The van der Waals surface area contributed by atoms with Crippen LogP contribution in [0.25, 0.3) is 6.08 Å². The van der Waals surface area contributed by atoms with Gasteiger partial charge in [-0.1, -0.05) is 30.4 Å². The summed E-state index contributed by atoms with van der Waals surface area (Å²) in [4.78, 5) is 2.19. The first kappa shape index (κ1) is 16.0. The zero-order valence-electron chi connectivity index (χ0n) is 12.7. The Kier molecular flexibility index (Phi) is 5.42. The van der Waals surface area contributed by atoms with Crippen LogP contribution in [0.3, 0.4) is 0 Å². The highest BCUT2D eigenvalue weighted by atomic mass is 32.2. The second-order valence-electron chi connectivity index (χ2n) is 5.41. The van der Waals surface area contributed by atoms with Crippen LogP contribution >= 0.6 is 0 Å². The first-order chi connectivity index (χ1) is 10.0. The fraction of sp³-hybridized carbons (Fsp3) is 0.500. The van der Waals surface area contributed by atoms with Crippen LogP contribution in [0.1, 0.15) is 18.9 Å². The van der Waals surface area contributed by atoms with Crippen molar-refractivity contribution in [3.05, 3.63) is 35.9 Å². The van der Waals surface area contributed by atoms with E-state index in [1.165, 1.54) is 0 Å². The van der Waals surface area contributed by atoms with Crippen molar-refractivity contribution in [1.82, 2.24) is 4.90 Å². The summed E-state index contributed by atoms with van der Waals surface area (Å²) in [6, 6.07) is 7.85. The summed E-state index contributed by atoms with van der Waals surface area (Å²) in [5, 5.41) is -0.222. The van der Waals surface area contributed by atoms with E-state index in [1.54, 1.807) is 7.11 Å². The van der Waals surface area contributed by atoms with Crippen molar-refractivity contribution in [2.24, 2.45) is 0 Å². The second kappa shape index (κ2) is 7.09. The number of hydrogen-bond acceptors (Lipinski definition) is 4. The van der Waals surface area contributed by atoms with Gasteiger partial charge in [-0.3, -0.25) is 4.90 Å². The third-order valence-electron chi connectivity index (χ3n) is 3.96. The minimum Gasteiger partial charge on any atom is -0.496 e. The molecule has 1 aliphatic heterocycles. The number of methoxy groups -OCH3 is 1. The van der Waals surface area contributed by atoms with Gasteiger partial charge in [0, 0.05) is 18.7 Å². The van der Waals surface area contributed by atoms with Crippen LogP contribution in [0.4, 0.5) is 0 Å². The van der Waals surface area contributed by atoms with E-state index >= 15 is 0 Å². The zero-order valence-corrected chi connectivity index (χ0v) is 13.5. The standard InChI is InChI=1S/C16H23NO3S/c1-14-9-11-17(12-13-21(14,18)19)10-5-7-15-6-3-4-8-16(15)20-2/h3-8,14H,9-13H2,1-2H3. The second-order valence-corrected chi connectivity index (χ2v) is 7.95. The molecule has 0 aromatic heterocycles. The number of benzene rings is 1. The van der Waals surface area contributed by atoms with Gasteiger partial charge in [0.25, 0.3) is 0 Å². The van der Waals surface area contributed by atoms with Gasteiger partial charge < -0.3 is 4.74 Å². The van der Waals surface area contributed by atoms with Crippen molar-refractivity contribution >= 4 is 15.9 Å². The van der Waals surface area contributed by atoms with Crippen LogP contribution in [-0.4, -0.2) is 51.1 Å². The van der Waals surface area contributed by atoms with Crippen LogP contribution in [0.2, 0.25) is 0 Å². The van der Waals surface area contributed by atoms with Crippen LogP contribution in [0, 0.1) is 0 Å². The fourth-order valence-electron chi connectivity index (χ4n) is 2.43. The van der Waals surface area contributed by atoms with Crippen molar-refractivity contribution in [2.75, 3.05) is 32.5 Å². The highest BCUT2D eigenvalue weighted by Crippen LogP contribution is 2.19. The maximum Gasteiger partial charge on any atom is 0.154 e. The number of ether oxygens (including phenoxy) is 1. The molecular weight excluding hydrogens is 286 g/mol. The van der Waals surface area contributed by atoms with Crippen LogP contribution < -0.4 is 4.74 Å². The van der Waals surface area contributed by atoms with Gasteiger partial charge in [-0.05, 0) is 26.0 Å². The molecule has 1 unspecified atom stereocenters. The highest BCUT2D eigenvalue weighted by Gasteiger charge is 2.25. The molecule has 1 aromatic rings. The third kappa shape index (κ3) is 4.32. The Balaban J connectivity index is 1.95. The summed E-state index contributed by atoms with van der Waals surface area (Å²) in [5.74, 6) is 1.11. The van der Waals surface area contributed by atoms with Crippen molar-refractivity contribution < 1.29 is 13.2 Å². The Labute approximate surface area is 127 Å². The number of hydrogen-bond donors (Lipinski definition) is 0. The maximum absolute atomic E-state index is 11.9. The summed E-state index contributed by atoms with van der Waals surface area (Å²) < 4.78 is 29.0. The Morgan fingerprint density at radius 1 is 1.33 bits per heavy atom. The van der Waals surface area contributed by atoms with Crippen LogP contribution in [0.5, 0.6) is 5.75 Å². The highest BCUT2D eigenvalue weighted by molar-refractivity contribution is 7.92. The van der Waals surface area contributed by atoms with Gasteiger partial charge >= 0.3 is 0 Å². The largest absolute Gasteiger partial charge is 0.496 e. The average Bonchev–Trinajstić information content (AvgIpc) is 2.60. The van der Waals surface area contributed by atoms with E-state index in [1.807, 2.05) is 37.3 Å². The molecule has 1 saturated heterocycles. The molecule has 0 radical (unpaired) electrons. The Hall–Kier alpha value is -1.33.